The third-order valence-electron chi connectivity index (χ3n) is 5.92. The Morgan fingerprint density at radius 1 is 1.21 bits per heavy atom. The van der Waals surface area contributed by atoms with Crippen LogP contribution in [-0.2, 0) is 19.1 Å². The average molecular weight is 381 g/mol. The predicted octanol–water partition coefficient (Wildman–Crippen LogP) is 3.69. The lowest BCUT2D eigenvalue weighted by atomic mass is 9.74. The minimum absolute atomic E-state index is 0.0237. The van der Waals surface area contributed by atoms with Crippen LogP contribution < -0.4 is 5.32 Å². The number of hydrogen-bond donors (Lipinski definition) is 1. The third kappa shape index (κ3) is 3.51. The highest BCUT2D eigenvalue weighted by molar-refractivity contribution is 6.03. The molecule has 0 spiro atoms. The van der Waals surface area contributed by atoms with E-state index < -0.39 is 0 Å². The number of carbonyl (C=O) groups is 2. The van der Waals surface area contributed by atoms with Gasteiger partial charge < -0.3 is 14.8 Å². The maximum absolute atomic E-state index is 13.1. The summed E-state index contributed by atoms with van der Waals surface area (Å²) < 4.78 is 11.2. The van der Waals surface area contributed by atoms with Gasteiger partial charge in [-0.1, -0.05) is 24.3 Å². The summed E-state index contributed by atoms with van der Waals surface area (Å²) in [5.41, 5.74) is 5.07. The van der Waals surface area contributed by atoms with Gasteiger partial charge in [0.25, 0.3) is 0 Å². The maximum atomic E-state index is 13.1. The van der Waals surface area contributed by atoms with Crippen LogP contribution in [0, 0.1) is 6.92 Å². The number of aryl methyl sites for hydroxylation is 1. The molecule has 0 amide bonds. The fourth-order valence-corrected chi connectivity index (χ4v) is 4.50. The molecular formula is C23H27NO4. The summed E-state index contributed by atoms with van der Waals surface area (Å²) in [7, 11) is 0. The number of allylic oxidation sites excluding steroid dienone is 3. The van der Waals surface area contributed by atoms with Crippen molar-refractivity contribution >= 4 is 11.8 Å². The molecule has 2 atom stereocenters. The van der Waals surface area contributed by atoms with E-state index >= 15 is 0 Å². The molecule has 0 saturated carbocycles. The van der Waals surface area contributed by atoms with Gasteiger partial charge in [-0.3, -0.25) is 4.79 Å². The van der Waals surface area contributed by atoms with Gasteiger partial charge in [0, 0.05) is 35.9 Å². The van der Waals surface area contributed by atoms with Crippen molar-refractivity contribution in [3.8, 4) is 0 Å². The lowest BCUT2D eigenvalue weighted by Gasteiger charge is -2.34. The number of benzene rings is 1. The summed E-state index contributed by atoms with van der Waals surface area (Å²) >= 11 is 0. The van der Waals surface area contributed by atoms with Crippen molar-refractivity contribution < 1.29 is 19.1 Å². The molecule has 148 valence electrons. The maximum Gasteiger partial charge on any atom is 0.336 e. The molecule has 3 aliphatic rings. The van der Waals surface area contributed by atoms with E-state index in [-0.39, 0.29) is 30.4 Å². The molecule has 1 aromatic rings. The van der Waals surface area contributed by atoms with Crippen LogP contribution in [-0.4, -0.2) is 31.1 Å². The van der Waals surface area contributed by atoms with Crippen molar-refractivity contribution in [3.05, 3.63) is 57.9 Å². The molecule has 1 aliphatic carbocycles. The molecular weight excluding hydrogens is 354 g/mol. The van der Waals surface area contributed by atoms with Crippen LogP contribution in [0.1, 0.15) is 56.1 Å². The first-order valence-corrected chi connectivity index (χ1v) is 10.1. The SMILES string of the molecule is CC1=C(C(=O)OCC2CCCO2)C(c2ccccc2C)C2=C(CCCC2=O)N1. The zero-order chi connectivity index (χ0) is 19.7. The first-order valence-electron chi connectivity index (χ1n) is 10.1. The van der Waals surface area contributed by atoms with E-state index in [0.29, 0.717) is 12.0 Å². The van der Waals surface area contributed by atoms with Crippen LogP contribution in [0.5, 0.6) is 0 Å². The van der Waals surface area contributed by atoms with E-state index in [9.17, 15) is 9.59 Å². The second kappa shape index (κ2) is 7.92. The molecule has 1 aromatic carbocycles. The Balaban J connectivity index is 1.71. The van der Waals surface area contributed by atoms with E-state index in [4.69, 9.17) is 9.47 Å². The number of hydrogen-bond acceptors (Lipinski definition) is 5. The number of Topliss-reactive ketones (excluding diaryl/α,β-unsaturated/α-hetero) is 1. The first-order chi connectivity index (χ1) is 13.6. The van der Waals surface area contributed by atoms with Crippen LogP contribution in [0.15, 0.2) is 46.8 Å². The largest absolute Gasteiger partial charge is 0.459 e. The molecule has 2 heterocycles. The van der Waals surface area contributed by atoms with E-state index in [1.54, 1.807) is 0 Å². The van der Waals surface area contributed by atoms with E-state index in [1.165, 1.54) is 0 Å². The summed E-state index contributed by atoms with van der Waals surface area (Å²) in [4.78, 5) is 26.0. The van der Waals surface area contributed by atoms with E-state index in [1.807, 2.05) is 38.1 Å². The van der Waals surface area contributed by atoms with Gasteiger partial charge >= 0.3 is 5.97 Å². The second-order valence-electron chi connectivity index (χ2n) is 7.86. The smallest absolute Gasteiger partial charge is 0.336 e. The summed E-state index contributed by atoms with van der Waals surface area (Å²) in [6.45, 7) is 4.91. The summed E-state index contributed by atoms with van der Waals surface area (Å²) in [6, 6.07) is 7.97. The van der Waals surface area contributed by atoms with Gasteiger partial charge in [-0.05, 0) is 50.7 Å². The molecule has 5 heteroatoms. The Bertz CT molecular complexity index is 861. The molecule has 5 nitrogen and oxygen atoms in total. The lowest BCUT2D eigenvalue weighted by molar-refractivity contribution is -0.142. The number of carbonyl (C=O) groups excluding carboxylic acids is 2. The summed E-state index contributed by atoms with van der Waals surface area (Å²) in [5, 5.41) is 3.33. The molecule has 1 N–H and O–H groups in total. The minimum Gasteiger partial charge on any atom is -0.459 e. The van der Waals surface area contributed by atoms with Crippen molar-refractivity contribution in [3.63, 3.8) is 0 Å². The van der Waals surface area contributed by atoms with Crippen molar-refractivity contribution in [1.82, 2.24) is 5.32 Å². The Kier molecular flexibility index (Phi) is 5.36. The predicted molar refractivity (Wildman–Crippen MR) is 106 cm³/mol. The van der Waals surface area contributed by atoms with Gasteiger partial charge in [0.1, 0.15) is 6.61 Å². The van der Waals surface area contributed by atoms with Gasteiger partial charge in [-0.15, -0.1) is 0 Å². The van der Waals surface area contributed by atoms with Gasteiger partial charge in [0.2, 0.25) is 0 Å². The van der Waals surface area contributed by atoms with Gasteiger partial charge in [0.05, 0.1) is 11.7 Å². The van der Waals surface area contributed by atoms with Crippen LogP contribution in [0.3, 0.4) is 0 Å². The number of rotatable bonds is 4. The molecule has 2 aliphatic heterocycles. The molecule has 28 heavy (non-hydrogen) atoms. The minimum atomic E-state index is -0.373. The number of esters is 1. The van der Waals surface area contributed by atoms with Crippen molar-refractivity contribution in [2.24, 2.45) is 0 Å². The van der Waals surface area contributed by atoms with Crippen molar-refractivity contribution in [2.75, 3.05) is 13.2 Å². The Morgan fingerprint density at radius 2 is 2.04 bits per heavy atom. The van der Waals surface area contributed by atoms with E-state index in [2.05, 4.69) is 5.32 Å². The monoisotopic (exact) mass is 381 g/mol. The number of ketones is 1. The lowest BCUT2D eigenvalue weighted by Crippen LogP contribution is -2.35. The number of nitrogens with one attached hydrogen (secondary N) is 1. The van der Waals surface area contributed by atoms with Gasteiger partial charge in [-0.2, -0.15) is 0 Å². The topological polar surface area (TPSA) is 64.6 Å². The summed E-state index contributed by atoms with van der Waals surface area (Å²) in [6.07, 6.45) is 4.10. The van der Waals surface area contributed by atoms with Crippen LogP contribution in [0.4, 0.5) is 0 Å². The molecule has 1 fully saturated rings. The molecule has 1 saturated heterocycles. The molecule has 0 bridgehead atoms. The molecule has 0 radical (unpaired) electrons. The quantitative estimate of drug-likeness (QED) is 0.806. The van der Waals surface area contributed by atoms with Crippen molar-refractivity contribution in [1.29, 1.82) is 0 Å². The van der Waals surface area contributed by atoms with Crippen molar-refractivity contribution in [2.45, 2.75) is 58.0 Å². The van der Waals surface area contributed by atoms with Gasteiger partial charge in [-0.25, -0.2) is 4.79 Å². The van der Waals surface area contributed by atoms with Gasteiger partial charge in [0.15, 0.2) is 5.78 Å². The highest BCUT2D eigenvalue weighted by Gasteiger charge is 2.39. The Labute approximate surface area is 165 Å². The van der Waals surface area contributed by atoms with Crippen LogP contribution >= 0.6 is 0 Å². The Morgan fingerprint density at radius 3 is 2.79 bits per heavy atom. The molecule has 0 aromatic heterocycles. The second-order valence-corrected chi connectivity index (χ2v) is 7.86. The first kappa shape index (κ1) is 18.9. The van der Waals surface area contributed by atoms with E-state index in [0.717, 1.165) is 60.4 Å². The summed E-state index contributed by atoms with van der Waals surface area (Å²) in [5.74, 6) is -0.611. The zero-order valence-electron chi connectivity index (χ0n) is 16.5. The zero-order valence-corrected chi connectivity index (χ0v) is 16.5. The fourth-order valence-electron chi connectivity index (χ4n) is 4.50. The van der Waals surface area contributed by atoms with Crippen LogP contribution in [0.25, 0.3) is 0 Å². The fraction of sp³-hybridized carbons (Fsp3) is 0.478. The van der Waals surface area contributed by atoms with Crippen LogP contribution in [0.2, 0.25) is 0 Å². The normalized spacial score (nSPS) is 24.9. The highest BCUT2D eigenvalue weighted by Crippen LogP contribution is 2.43. The standard InChI is InChI=1S/C23H27NO4/c1-14-7-3-4-9-17(14)21-20(23(26)28-13-16-8-6-12-27-16)15(2)24-18-10-5-11-19(25)22(18)21/h3-4,7,9,16,21,24H,5-6,8,10-13H2,1-2H3. The average Bonchev–Trinajstić information content (AvgIpc) is 3.19. The highest BCUT2D eigenvalue weighted by atomic mass is 16.6. The number of ether oxygens (including phenoxy) is 2. The molecule has 4 rings (SSSR count). The molecule has 2 unspecified atom stereocenters. The Hall–Kier alpha value is -2.40. The number of dihydropyridines is 1. The third-order valence-corrected chi connectivity index (χ3v) is 5.92.